The SMILES string of the molecule is N#Cc1c(C2CCCNC2)cc(-c2c(O)cccc2OCc2ccc3ccccc3c2)nc1N. The number of aromatic hydroxyl groups is 1. The molecule has 6 nitrogen and oxygen atoms in total. The number of piperidine rings is 1. The summed E-state index contributed by atoms with van der Waals surface area (Å²) in [6.45, 7) is 2.09. The fourth-order valence-electron chi connectivity index (χ4n) is 4.66. The molecular weight excluding hydrogens is 424 g/mol. The second-order valence-corrected chi connectivity index (χ2v) is 8.63. The minimum atomic E-state index is 0.0559. The maximum absolute atomic E-state index is 10.8. The Kier molecular flexibility index (Phi) is 6.03. The zero-order valence-electron chi connectivity index (χ0n) is 18.8. The van der Waals surface area contributed by atoms with Crippen molar-refractivity contribution in [3.05, 3.63) is 83.4 Å². The molecular formula is C28H26N4O2. The van der Waals surface area contributed by atoms with Crippen molar-refractivity contribution in [1.82, 2.24) is 10.3 Å². The molecule has 0 spiro atoms. The normalized spacial score (nSPS) is 15.7. The Morgan fingerprint density at radius 1 is 1.09 bits per heavy atom. The smallest absolute Gasteiger partial charge is 0.142 e. The van der Waals surface area contributed by atoms with Gasteiger partial charge in [0.1, 0.15) is 30.0 Å². The van der Waals surface area contributed by atoms with Crippen LogP contribution in [0.3, 0.4) is 0 Å². The topological polar surface area (TPSA) is 104 Å². The lowest BCUT2D eigenvalue weighted by atomic mass is 9.88. The Morgan fingerprint density at radius 2 is 1.94 bits per heavy atom. The Balaban J connectivity index is 1.50. The molecule has 0 radical (unpaired) electrons. The molecule has 1 aromatic heterocycles. The number of aromatic nitrogens is 1. The number of fused-ring (bicyclic) bond motifs is 1. The zero-order valence-corrected chi connectivity index (χ0v) is 18.8. The molecule has 0 bridgehead atoms. The van der Waals surface area contributed by atoms with E-state index in [-0.39, 0.29) is 17.5 Å². The van der Waals surface area contributed by atoms with Crippen LogP contribution in [-0.2, 0) is 6.61 Å². The largest absolute Gasteiger partial charge is 0.507 e. The van der Waals surface area contributed by atoms with Crippen LogP contribution in [0.1, 0.15) is 35.4 Å². The molecule has 1 fully saturated rings. The molecule has 34 heavy (non-hydrogen) atoms. The summed E-state index contributed by atoms with van der Waals surface area (Å²) in [4.78, 5) is 4.48. The number of pyridine rings is 1. The molecule has 0 aliphatic carbocycles. The van der Waals surface area contributed by atoms with E-state index >= 15 is 0 Å². The third kappa shape index (κ3) is 4.26. The number of phenolic OH excluding ortho intramolecular Hbond substituents is 1. The summed E-state index contributed by atoms with van der Waals surface area (Å²) in [6.07, 6.45) is 2.00. The maximum Gasteiger partial charge on any atom is 0.142 e. The first-order valence-corrected chi connectivity index (χ1v) is 11.5. The van der Waals surface area contributed by atoms with Crippen LogP contribution in [0.15, 0.2) is 66.7 Å². The van der Waals surface area contributed by atoms with Gasteiger partial charge in [0, 0.05) is 6.54 Å². The van der Waals surface area contributed by atoms with Crippen molar-refractivity contribution in [3.8, 4) is 28.8 Å². The number of hydrogen-bond acceptors (Lipinski definition) is 6. The number of nitrogens with two attached hydrogens (primary N) is 1. The lowest BCUT2D eigenvalue weighted by molar-refractivity contribution is 0.306. The van der Waals surface area contributed by atoms with Crippen LogP contribution in [0.4, 0.5) is 5.82 Å². The van der Waals surface area contributed by atoms with Gasteiger partial charge in [0.2, 0.25) is 0 Å². The number of ether oxygens (including phenoxy) is 1. The van der Waals surface area contributed by atoms with Crippen LogP contribution in [0.2, 0.25) is 0 Å². The maximum atomic E-state index is 10.8. The molecule has 4 aromatic rings. The fourth-order valence-corrected chi connectivity index (χ4v) is 4.66. The van der Waals surface area contributed by atoms with Crippen molar-refractivity contribution in [2.75, 3.05) is 18.8 Å². The Hall–Kier alpha value is -4.08. The predicted molar refractivity (Wildman–Crippen MR) is 134 cm³/mol. The molecule has 1 atom stereocenters. The third-order valence-corrected chi connectivity index (χ3v) is 6.40. The molecule has 170 valence electrons. The van der Waals surface area contributed by atoms with E-state index < -0.39 is 0 Å². The van der Waals surface area contributed by atoms with Crippen LogP contribution in [0.5, 0.6) is 11.5 Å². The average Bonchev–Trinajstić information content (AvgIpc) is 2.87. The number of anilines is 1. The van der Waals surface area contributed by atoms with Gasteiger partial charge >= 0.3 is 0 Å². The van der Waals surface area contributed by atoms with E-state index in [0.717, 1.165) is 42.4 Å². The van der Waals surface area contributed by atoms with Gasteiger partial charge in [-0.3, -0.25) is 0 Å². The molecule has 0 saturated carbocycles. The van der Waals surface area contributed by atoms with Gasteiger partial charge in [-0.15, -0.1) is 0 Å². The molecule has 6 heteroatoms. The fraction of sp³-hybridized carbons (Fsp3) is 0.214. The molecule has 2 heterocycles. The molecule has 1 aliphatic rings. The first-order chi connectivity index (χ1) is 16.6. The first kappa shape index (κ1) is 21.7. The van der Waals surface area contributed by atoms with Gasteiger partial charge in [-0.25, -0.2) is 4.98 Å². The number of nitrogens with zero attached hydrogens (tertiary/aromatic N) is 2. The second-order valence-electron chi connectivity index (χ2n) is 8.63. The highest BCUT2D eigenvalue weighted by molar-refractivity contribution is 5.83. The summed E-state index contributed by atoms with van der Waals surface area (Å²) in [5, 5.41) is 26.2. The van der Waals surface area contributed by atoms with Crippen LogP contribution < -0.4 is 15.8 Å². The first-order valence-electron chi connectivity index (χ1n) is 11.5. The molecule has 1 saturated heterocycles. The van der Waals surface area contributed by atoms with E-state index in [9.17, 15) is 10.4 Å². The minimum Gasteiger partial charge on any atom is -0.507 e. The number of hydrogen-bond donors (Lipinski definition) is 3. The van der Waals surface area contributed by atoms with Gasteiger partial charge in [-0.1, -0.05) is 42.5 Å². The number of nitrogen functional groups attached to an aromatic ring is 1. The summed E-state index contributed by atoms with van der Waals surface area (Å²) in [7, 11) is 0. The molecule has 1 aliphatic heterocycles. The lowest BCUT2D eigenvalue weighted by Crippen LogP contribution is -2.29. The van der Waals surface area contributed by atoms with Gasteiger partial charge in [0.05, 0.1) is 16.8 Å². The summed E-state index contributed by atoms with van der Waals surface area (Å²) >= 11 is 0. The standard InChI is InChI=1S/C28H26N4O2/c29-15-23-22(21-7-4-12-31-16-21)14-24(32-28(23)30)27-25(33)8-3-9-26(27)34-17-18-10-11-19-5-1-2-6-20(19)13-18/h1-3,5-6,8-11,13-14,21,31,33H,4,7,12,16-17H2,(H2,30,32). The number of nitrogens with one attached hydrogen (secondary N) is 1. The minimum absolute atomic E-state index is 0.0559. The summed E-state index contributed by atoms with van der Waals surface area (Å²) < 4.78 is 6.17. The number of nitriles is 1. The van der Waals surface area contributed by atoms with Crippen LogP contribution >= 0.6 is 0 Å². The molecule has 3 aromatic carbocycles. The van der Waals surface area contributed by atoms with Crippen molar-refractivity contribution in [1.29, 1.82) is 5.26 Å². The third-order valence-electron chi connectivity index (χ3n) is 6.40. The monoisotopic (exact) mass is 450 g/mol. The van der Waals surface area contributed by atoms with Gasteiger partial charge in [-0.2, -0.15) is 5.26 Å². The molecule has 0 amide bonds. The molecule has 1 unspecified atom stereocenters. The van der Waals surface area contributed by atoms with E-state index in [1.807, 2.05) is 30.3 Å². The number of benzene rings is 3. The Bertz CT molecular complexity index is 1390. The highest BCUT2D eigenvalue weighted by Gasteiger charge is 2.23. The quantitative estimate of drug-likeness (QED) is 0.390. The van der Waals surface area contributed by atoms with Gasteiger partial charge in [0.15, 0.2) is 0 Å². The van der Waals surface area contributed by atoms with Crippen molar-refractivity contribution < 1.29 is 9.84 Å². The van der Waals surface area contributed by atoms with E-state index in [1.165, 1.54) is 5.39 Å². The van der Waals surface area contributed by atoms with Gasteiger partial charge in [0.25, 0.3) is 0 Å². The average molecular weight is 451 g/mol. The Labute approximate surface area is 198 Å². The van der Waals surface area contributed by atoms with Gasteiger partial charge in [-0.05, 0) is 71.5 Å². The van der Waals surface area contributed by atoms with Crippen molar-refractivity contribution in [2.45, 2.75) is 25.4 Å². The van der Waals surface area contributed by atoms with E-state index in [2.05, 4.69) is 40.6 Å². The number of phenols is 1. The predicted octanol–water partition coefficient (Wildman–Crippen LogP) is 5.11. The van der Waals surface area contributed by atoms with Crippen LogP contribution in [0.25, 0.3) is 22.0 Å². The zero-order chi connectivity index (χ0) is 23.5. The van der Waals surface area contributed by atoms with Crippen LogP contribution in [0, 0.1) is 11.3 Å². The van der Waals surface area contributed by atoms with E-state index in [0.29, 0.717) is 29.2 Å². The molecule has 4 N–H and O–H groups in total. The van der Waals surface area contributed by atoms with E-state index in [4.69, 9.17) is 10.5 Å². The van der Waals surface area contributed by atoms with Crippen molar-refractivity contribution >= 4 is 16.6 Å². The molecule has 5 rings (SSSR count). The lowest BCUT2D eigenvalue weighted by Gasteiger charge is -2.25. The van der Waals surface area contributed by atoms with Crippen molar-refractivity contribution in [3.63, 3.8) is 0 Å². The summed E-state index contributed by atoms with van der Waals surface area (Å²) in [5.41, 5.74) is 9.49. The highest BCUT2D eigenvalue weighted by Crippen LogP contribution is 2.40. The van der Waals surface area contributed by atoms with E-state index in [1.54, 1.807) is 12.1 Å². The summed E-state index contributed by atoms with van der Waals surface area (Å²) in [6, 6.07) is 23.7. The second kappa shape index (κ2) is 9.42. The number of rotatable bonds is 5. The van der Waals surface area contributed by atoms with Crippen LogP contribution in [-0.4, -0.2) is 23.2 Å². The summed E-state index contributed by atoms with van der Waals surface area (Å²) in [5.74, 6) is 0.905. The van der Waals surface area contributed by atoms with Crippen molar-refractivity contribution in [2.24, 2.45) is 0 Å². The Morgan fingerprint density at radius 3 is 2.74 bits per heavy atom. The van der Waals surface area contributed by atoms with Gasteiger partial charge < -0.3 is 20.9 Å². The highest BCUT2D eigenvalue weighted by atomic mass is 16.5.